The molecule has 0 atom stereocenters. The predicted molar refractivity (Wildman–Crippen MR) is 107 cm³/mol. The van der Waals surface area contributed by atoms with Crippen molar-refractivity contribution in [2.45, 2.75) is 12.7 Å². The molecule has 0 fully saturated rings. The summed E-state index contributed by atoms with van der Waals surface area (Å²) >= 11 is 1.33. The molecule has 3 aromatic rings. The summed E-state index contributed by atoms with van der Waals surface area (Å²) in [6.07, 6.45) is 1.60. The second-order valence-electron chi connectivity index (χ2n) is 6.17. The highest BCUT2D eigenvalue weighted by atomic mass is 32.2. The van der Waals surface area contributed by atoms with Gasteiger partial charge in [-0.15, -0.1) is 11.8 Å². The molecular formula is C22H17NO3S. The summed E-state index contributed by atoms with van der Waals surface area (Å²) in [7, 11) is 0. The highest BCUT2D eigenvalue weighted by Gasteiger charge is 2.40. The number of benzene rings is 2. The summed E-state index contributed by atoms with van der Waals surface area (Å²) in [5.41, 5.74) is 2.69. The summed E-state index contributed by atoms with van der Waals surface area (Å²) in [5.74, 6) is 0.668. The first-order chi connectivity index (χ1) is 13.2. The number of hydrogen-bond acceptors (Lipinski definition) is 4. The molecule has 0 radical (unpaired) electrons. The molecule has 0 spiro atoms. The minimum atomic E-state index is -0.289. The molecule has 1 aromatic heterocycles. The van der Waals surface area contributed by atoms with Gasteiger partial charge in [-0.1, -0.05) is 48.5 Å². The molecular weight excluding hydrogens is 358 g/mol. The smallest absolute Gasteiger partial charge is 0.272 e. The second-order valence-corrected chi connectivity index (χ2v) is 7.16. The number of furan rings is 1. The number of para-hydroxylation sites is 1. The lowest BCUT2D eigenvalue weighted by Crippen LogP contribution is -2.31. The maximum Gasteiger partial charge on any atom is 0.272 e. The van der Waals surface area contributed by atoms with Crippen LogP contribution < -0.4 is 4.90 Å². The average Bonchev–Trinajstić information content (AvgIpc) is 3.28. The zero-order valence-electron chi connectivity index (χ0n) is 14.7. The van der Waals surface area contributed by atoms with Crippen LogP contribution in [0.4, 0.5) is 5.69 Å². The first kappa shape index (κ1) is 17.4. The lowest BCUT2D eigenvalue weighted by atomic mass is 10.1. The zero-order chi connectivity index (χ0) is 18.8. The Labute approximate surface area is 161 Å². The fourth-order valence-electron chi connectivity index (χ4n) is 3.07. The molecule has 2 heterocycles. The van der Waals surface area contributed by atoms with Crippen LogP contribution >= 0.6 is 11.8 Å². The number of carbonyl (C=O) groups is 2. The number of nitrogens with zero attached hydrogens (tertiary/aromatic N) is 1. The third-order valence-corrected chi connectivity index (χ3v) is 5.50. The minimum Gasteiger partial charge on any atom is -0.468 e. The largest absolute Gasteiger partial charge is 0.468 e. The number of anilines is 1. The fourth-order valence-corrected chi connectivity index (χ4v) is 4.09. The summed E-state index contributed by atoms with van der Waals surface area (Å²) in [4.78, 5) is 28.2. The van der Waals surface area contributed by atoms with Crippen molar-refractivity contribution in [3.05, 3.63) is 94.8 Å². The summed E-state index contributed by atoms with van der Waals surface area (Å²) < 4.78 is 5.37. The van der Waals surface area contributed by atoms with Gasteiger partial charge in [-0.3, -0.25) is 9.59 Å². The van der Waals surface area contributed by atoms with E-state index in [1.54, 1.807) is 12.3 Å². The van der Waals surface area contributed by atoms with Gasteiger partial charge in [0.15, 0.2) is 0 Å². The Morgan fingerprint density at radius 3 is 2.33 bits per heavy atom. The van der Waals surface area contributed by atoms with Gasteiger partial charge in [0, 0.05) is 0 Å². The van der Waals surface area contributed by atoms with Crippen molar-refractivity contribution in [2.24, 2.45) is 0 Å². The Bertz CT molecular complexity index is 1020. The monoisotopic (exact) mass is 375 g/mol. The van der Waals surface area contributed by atoms with Crippen molar-refractivity contribution in [2.75, 3.05) is 4.90 Å². The van der Waals surface area contributed by atoms with Crippen LogP contribution in [0.1, 0.15) is 16.9 Å². The normalized spacial score (nSPS) is 14.3. The molecule has 0 saturated carbocycles. The molecule has 0 saturated heterocycles. The molecule has 134 valence electrons. The van der Waals surface area contributed by atoms with E-state index in [0.717, 1.165) is 16.9 Å². The molecule has 1 aliphatic rings. The molecule has 0 bridgehead atoms. The lowest BCUT2D eigenvalue weighted by Gasteiger charge is -2.17. The van der Waals surface area contributed by atoms with E-state index in [4.69, 9.17) is 4.42 Å². The third kappa shape index (κ3) is 3.22. The van der Waals surface area contributed by atoms with Crippen LogP contribution in [-0.2, 0) is 15.3 Å². The van der Waals surface area contributed by atoms with Gasteiger partial charge >= 0.3 is 0 Å². The summed E-state index contributed by atoms with van der Waals surface area (Å²) in [6, 6.07) is 20.4. The van der Waals surface area contributed by atoms with E-state index in [9.17, 15) is 9.59 Å². The quantitative estimate of drug-likeness (QED) is 0.601. The molecule has 0 N–H and O–H groups in total. The van der Waals surface area contributed by atoms with Gasteiger partial charge in [0.25, 0.3) is 11.8 Å². The van der Waals surface area contributed by atoms with Crippen LogP contribution in [0.15, 0.2) is 82.3 Å². The number of aryl methyl sites for hydroxylation is 1. The van der Waals surface area contributed by atoms with E-state index in [0.29, 0.717) is 21.9 Å². The van der Waals surface area contributed by atoms with E-state index in [1.807, 2.05) is 67.6 Å². The minimum absolute atomic E-state index is 0.287. The maximum absolute atomic E-state index is 13.3. The van der Waals surface area contributed by atoms with Crippen LogP contribution in [0.3, 0.4) is 0 Å². The van der Waals surface area contributed by atoms with Gasteiger partial charge in [0.2, 0.25) is 0 Å². The Morgan fingerprint density at radius 2 is 1.63 bits per heavy atom. The Balaban J connectivity index is 1.76. The number of amides is 2. The van der Waals surface area contributed by atoms with Crippen molar-refractivity contribution in [1.29, 1.82) is 0 Å². The van der Waals surface area contributed by atoms with Crippen molar-refractivity contribution >= 4 is 34.8 Å². The molecule has 2 amide bonds. The van der Waals surface area contributed by atoms with E-state index in [2.05, 4.69) is 0 Å². The third-order valence-electron chi connectivity index (χ3n) is 4.40. The summed E-state index contributed by atoms with van der Waals surface area (Å²) in [6.45, 7) is 1.89. The Hall–Kier alpha value is -3.05. The van der Waals surface area contributed by atoms with Gasteiger partial charge in [-0.05, 0) is 36.2 Å². The molecule has 2 aromatic carbocycles. The highest BCUT2D eigenvalue weighted by molar-refractivity contribution is 8.03. The number of hydrogen-bond donors (Lipinski definition) is 0. The van der Waals surface area contributed by atoms with Crippen LogP contribution in [0, 0.1) is 6.92 Å². The second kappa shape index (κ2) is 7.29. The first-order valence-corrected chi connectivity index (χ1v) is 9.54. The SMILES string of the molecule is Cc1ccccc1N1C(=O)C(SCc2ccco2)=C(c2ccccc2)C1=O. The average molecular weight is 375 g/mol. The Kier molecular flexibility index (Phi) is 4.69. The number of carbonyl (C=O) groups excluding carboxylic acids is 2. The number of imide groups is 1. The van der Waals surface area contributed by atoms with Gasteiger partial charge < -0.3 is 4.42 Å². The molecule has 1 aliphatic heterocycles. The van der Waals surface area contributed by atoms with Gasteiger partial charge in [0.1, 0.15) is 5.76 Å². The Morgan fingerprint density at radius 1 is 0.889 bits per heavy atom. The summed E-state index contributed by atoms with van der Waals surface area (Å²) in [5, 5.41) is 0. The van der Waals surface area contributed by atoms with E-state index < -0.39 is 0 Å². The molecule has 0 unspecified atom stereocenters. The van der Waals surface area contributed by atoms with E-state index in [-0.39, 0.29) is 11.8 Å². The van der Waals surface area contributed by atoms with Crippen LogP contribution in [0.5, 0.6) is 0 Å². The zero-order valence-corrected chi connectivity index (χ0v) is 15.5. The molecule has 4 nitrogen and oxygen atoms in total. The molecule has 5 heteroatoms. The van der Waals surface area contributed by atoms with Crippen molar-refractivity contribution in [3.63, 3.8) is 0 Å². The molecule has 27 heavy (non-hydrogen) atoms. The fraction of sp³-hybridized carbons (Fsp3) is 0.0909. The number of thioether (sulfide) groups is 1. The number of rotatable bonds is 5. The lowest BCUT2D eigenvalue weighted by molar-refractivity contribution is -0.119. The van der Waals surface area contributed by atoms with Crippen LogP contribution in [0.2, 0.25) is 0 Å². The van der Waals surface area contributed by atoms with Crippen molar-refractivity contribution in [1.82, 2.24) is 0 Å². The van der Waals surface area contributed by atoms with Crippen LogP contribution in [0.25, 0.3) is 5.57 Å². The van der Waals surface area contributed by atoms with Gasteiger partial charge in [0.05, 0.1) is 28.2 Å². The van der Waals surface area contributed by atoms with Gasteiger partial charge in [-0.25, -0.2) is 4.90 Å². The highest BCUT2D eigenvalue weighted by Crippen LogP contribution is 2.40. The predicted octanol–water partition coefficient (Wildman–Crippen LogP) is 4.81. The van der Waals surface area contributed by atoms with Gasteiger partial charge in [-0.2, -0.15) is 0 Å². The first-order valence-electron chi connectivity index (χ1n) is 8.56. The van der Waals surface area contributed by atoms with E-state index >= 15 is 0 Å². The topological polar surface area (TPSA) is 50.5 Å². The van der Waals surface area contributed by atoms with E-state index in [1.165, 1.54) is 16.7 Å². The van der Waals surface area contributed by atoms with Crippen molar-refractivity contribution < 1.29 is 14.0 Å². The molecule has 0 aliphatic carbocycles. The standard InChI is InChI=1S/C22H17NO3S/c1-15-8-5-6-12-18(15)23-21(24)19(16-9-3-2-4-10-16)20(22(23)25)27-14-17-11-7-13-26-17/h2-13H,14H2,1H3. The van der Waals surface area contributed by atoms with Crippen molar-refractivity contribution in [3.8, 4) is 0 Å². The maximum atomic E-state index is 13.3. The van der Waals surface area contributed by atoms with Crippen LogP contribution in [-0.4, -0.2) is 11.8 Å². The molecule has 4 rings (SSSR count).